The van der Waals surface area contributed by atoms with E-state index < -0.39 is 11.7 Å². The third kappa shape index (κ3) is 12.1. The van der Waals surface area contributed by atoms with Crippen LogP contribution in [0.25, 0.3) is 43.8 Å². The van der Waals surface area contributed by atoms with Gasteiger partial charge >= 0.3 is 6.01 Å². The minimum absolute atomic E-state index is 0.0143. The molecular weight excluding hydrogens is 1060 g/mol. The number of anilines is 2. The Balaban J connectivity index is 0.000000169. The number of aryl methyl sites for hydroxylation is 2. The van der Waals surface area contributed by atoms with Crippen molar-refractivity contribution < 1.29 is 42.5 Å². The van der Waals surface area contributed by atoms with Crippen molar-refractivity contribution in [3.63, 3.8) is 0 Å². The molecule has 6 aliphatic heterocycles. The second-order valence-electron chi connectivity index (χ2n) is 24.1. The molecular formula is C64H82F2N10O7. The zero-order chi connectivity index (χ0) is 57.8. The minimum Gasteiger partial charge on any atom is -0.508 e. The number of nitrogens with zero attached hydrogens (tertiary/aromatic N) is 9. The number of aromatic hydroxyl groups is 1. The number of hydrogen-bond acceptors (Lipinski definition) is 14. The lowest BCUT2D eigenvalue weighted by molar-refractivity contribution is -0.122. The number of likely N-dealkylation sites (tertiary alicyclic amines) is 1. The SMILES string of the molecule is CCc1c(F)ccc2cc(O)cc(-c3nc4c5c(nc(OCC67CCCN6CCC7)nc5c3F)N3CCCOCC3CC4)c12.CNC(=O)C(CCC=O)c1nn(C2CC2)c2cc(N3CCC(CC4CCN(C=O)CC4)CC3)ccc12.COC. The Morgan fingerprint density at radius 3 is 2.33 bits per heavy atom. The lowest BCUT2D eigenvalue weighted by atomic mass is 9.83. The molecule has 2 unspecified atom stereocenters. The van der Waals surface area contributed by atoms with Crippen LogP contribution in [0.5, 0.6) is 11.8 Å². The van der Waals surface area contributed by atoms with Crippen molar-refractivity contribution in [3.05, 3.63) is 71.1 Å². The number of rotatable bonds is 15. The maximum atomic E-state index is 17.0. The number of phenolic OH excluding ortho intramolecular Hbond substituents is 1. The Morgan fingerprint density at radius 1 is 0.880 bits per heavy atom. The molecule has 6 fully saturated rings. The van der Waals surface area contributed by atoms with E-state index in [1.807, 2.05) is 11.8 Å². The quantitative estimate of drug-likeness (QED) is 0.0928. The van der Waals surface area contributed by atoms with E-state index in [9.17, 15) is 19.5 Å². The monoisotopic (exact) mass is 1140 g/mol. The van der Waals surface area contributed by atoms with Crippen molar-refractivity contribution >= 4 is 62.7 Å². The third-order valence-corrected chi connectivity index (χ3v) is 18.8. The van der Waals surface area contributed by atoms with Crippen molar-refractivity contribution in [2.75, 3.05) is 96.7 Å². The van der Waals surface area contributed by atoms with Crippen LogP contribution in [0, 0.1) is 23.5 Å². The molecule has 7 aliphatic rings. The van der Waals surface area contributed by atoms with E-state index in [1.165, 1.54) is 37.1 Å². The molecule has 3 aromatic heterocycles. The number of halogens is 2. The first kappa shape index (κ1) is 58.2. The Kier molecular flexibility index (Phi) is 18.0. The van der Waals surface area contributed by atoms with E-state index in [2.05, 4.69) is 47.6 Å². The Hall–Kier alpha value is -6.57. The number of aldehydes is 1. The average Bonchev–Trinajstić information content (AvgIpc) is 3.96. The molecule has 3 aromatic carbocycles. The van der Waals surface area contributed by atoms with E-state index in [1.54, 1.807) is 33.4 Å². The van der Waals surface area contributed by atoms with Crippen molar-refractivity contribution in [1.82, 2.24) is 39.8 Å². The predicted molar refractivity (Wildman–Crippen MR) is 317 cm³/mol. The molecule has 2 N–H and O–H groups in total. The fourth-order valence-electron chi connectivity index (χ4n) is 14.4. The Morgan fingerprint density at radius 2 is 1.63 bits per heavy atom. The van der Waals surface area contributed by atoms with E-state index in [0.29, 0.717) is 90.3 Å². The van der Waals surface area contributed by atoms with Gasteiger partial charge in [0.15, 0.2) is 5.82 Å². The van der Waals surface area contributed by atoms with Gasteiger partial charge in [-0.15, -0.1) is 0 Å². The summed E-state index contributed by atoms with van der Waals surface area (Å²) < 4.78 is 50.8. The van der Waals surface area contributed by atoms with Crippen LogP contribution in [0.15, 0.2) is 42.5 Å². The molecule has 9 heterocycles. The minimum atomic E-state index is -0.624. The van der Waals surface area contributed by atoms with Crippen molar-refractivity contribution in [1.29, 1.82) is 0 Å². The highest BCUT2D eigenvalue weighted by molar-refractivity contribution is 6.02. The van der Waals surface area contributed by atoms with Crippen LogP contribution in [0.2, 0.25) is 0 Å². The van der Waals surface area contributed by atoms with E-state index >= 15 is 8.78 Å². The zero-order valence-electron chi connectivity index (χ0n) is 48.9. The first-order valence-electron chi connectivity index (χ1n) is 30.6. The Bertz CT molecular complexity index is 3290. The Labute approximate surface area is 485 Å². The number of amides is 2. The summed E-state index contributed by atoms with van der Waals surface area (Å²) in [6.45, 7) is 10.4. The summed E-state index contributed by atoms with van der Waals surface area (Å²) >= 11 is 0. The zero-order valence-corrected chi connectivity index (χ0v) is 48.9. The van der Waals surface area contributed by atoms with Crippen LogP contribution in [0.3, 0.4) is 0 Å². The van der Waals surface area contributed by atoms with Gasteiger partial charge in [0.1, 0.15) is 41.5 Å². The molecule has 0 bridgehead atoms. The molecule has 13 rings (SSSR count). The molecule has 444 valence electrons. The number of methoxy groups -OCH3 is 1. The van der Waals surface area contributed by atoms with Gasteiger partial charge in [-0.2, -0.15) is 15.1 Å². The fourth-order valence-corrected chi connectivity index (χ4v) is 14.4. The molecule has 2 amide bonds. The lowest BCUT2D eigenvalue weighted by Crippen LogP contribution is -2.43. The van der Waals surface area contributed by atoms with Crippen LogP contribution in [0.1, 0.15) is 132 Å². The fraction of sp³-hybridized carbons (Fsp3) is 0.578. The number of fused-ring (bicyclic) bond motifs is 5. The van der Waals surface area contributed by atoms with Gasteiger partial charge in [0.05, 0.1) is 52.4 Å². The first-order valence-corrected chi connectivity index (χ1v) is 30.6. The largest absolute Gasteiger partial charge is 0.508 e. The van der Waals surface area contributed by atoms with Gasteiger partial charge < -0.3 is 44.1 Å². The number of likely N-dealkylation sites (N-methyl/N-ethyl adjacent to an activating group) is 1. The molecule has 19 heteroatoms. The van der Waals surface area contributed by atoms with E-state index in [-0.39, 0.29) is 46.3 Å². The highest BCUT2D eigenvalue weighted by Gasteiger charge is 2.45. The number of pyridine rings is 1. The van der Waals surface area contributed by atoms with Gasteiger partial charge in [-0.3, -0.25) is 19.2 Å². The number of carbonyl (C=O) groups is 3. The summed E-state index contributed by atoms with van der Waals surface area (Å²) in [4.78, 5) is 58.5. The van der Waals surface area contributed by atoms with Gasteiger partial charge in [0, 0.05) is 83.7 Å². The number of nitrogens with one attached hydrogen (secondary N) is 1. The molecule has 6 aromatic rings. The number of carbonyl (C=O) groups excluding carboxylic acids is 3. The molecule has 0 spiro atoms. The summed E-state index contributed by atoms with van der Waals surface area (Å²) in [5, 5.41) is 21.2. The molecule has 17 nitrogen and oxygen atoms in total. The molecule has 1 saturated carbocycles. The lowest BCUT2D eigenvalue weighted by Gasteiger charge is -2.37. The van der Waals surface area contributed by atoms with Gasteiger partial charge in [0.2, 0.25) is 12.3 Å². The van der Waals surface area contributed by atoms with Crippen molar-refractivity contribution in [2.45, 2.75) is 140 Å². The predicted octanol–water partition coefficient (Wildman–Crippen LogP) is 9.86. The molecule has 5 saturated heterocycles. The average molecular weight is 1140 g/mol. The highest BCUT2D eigenvalue weighted by atomic mass is 19.1. The van der Waals surface area contributed by atoms with E-state index in [0.717, 1.165) is 151 Å². The molecule has 2 atom stereocenters. The number of hydrogen-bond donors (Lipinski definition) is 2. The van der Waals surface area contributed by atoms with Gasteiger partial charge in [-0.1, -0.05) is 13.0 Å². The van der Waals surface area contributed by atoms with Crippen LogP contribution in [0.4, 0.5) is 20.3 Å². The normalized spacial score (nSPS) is 20.4. The van der Waals surface area contributed by atoms with Crippen molar-refractivity contribution in [3.8, 4) is 23.0 Å². The van der Waals surface area contributed by atoms with Gasteiger partial charge in [-0.05, 0) is 180 Å². The second kappa shape index (κ2) is 25.7. The summed E-state index contributed by atoms with van der Waals surface area (Å²) in [7, 11) is 4.89. The van der Waals surface area contributed by atoms with Crippen LogP contribution in [-0.4, -0.2) is 157 Å². The smallest absolute Gasteiger partial charge is 0.319 e. The number of aromatic nitrogens is 5. The molecule has 0 radical (unpaired) electrons. The van der Waals surface area contributed by atoms with E-state index in [4.69, 9.17) is 29.5 Å². The molecule has 1 aliphatic carbocycles. The topological polar surface area (TPSA) is 181 Å². The summed E-state index contributed by atoms with van der Waals surface area (Å²) in [5.74, 6) is 0.640. The van der Waals surface area contributed by atoms with Crippen LogP contribution < -0.4 is 19.9 Å². The summed E-state index contributed by atoms with van der Waals surface area (Å²) in [6.07, 6.45) is 18.0. The maximum Gasteiger partial charge on any atom is 0.319 e. The number of ether oxygens (including phenoxy) is 3. The van der Waals surface area contributed by atoms with Crippen LogP contribution in [-0.2, 0) is 36.7 Å². The van der Waals surface area contributed by atoms with Gasteiger partial charge in [0.25, 0.3) is 0 Å². The summed E-state index contributed by atoms with van der Waals surface area (Å²) in [5.41, 5.74) is 4.81. The first-order chi connectivity index (χ1) is 40.5. The second-order valence-corrected chi connectivity index (χ2v) is 24.1. The highest BCUT2D eigenvalue weighted by Crippen LogP contribution is 2.45. The summed E-state index contributed by atoms with van der Waals surface area (Å²) in [6, 6.07) is 13.3. The van der Waals surface area contributed by atoms with Crippen LogP contribution >= 0.6 is 0 Å². The molecule has 83 heavy (non-hydrogen) atoms. The number of benzene rings is 3. The maximum absolute atomic E-state index is 17.0. The number of phenols is 1. The number of piperidine rings is 2. The van der Waals surface area contributed by atoms with Gasteiger partial charge in [-0.25, -0.2) is 13.8 Å². The third-order valence-electron chi connectivity index (χ3n) is 18.8. The standard InChI is InChI=1S/C34H37F2N5O3.C28H39N5O3.C2H6O/c1-2-23-25(35)8-6-20-16-22(42)17-24(27(20)23)30-29(36)31-28-26(37-30)9-7-21-18-43-15-5-14-41(21)32(28)39-33(38-31)44-19-34-10-3-12-40(34)13-4-11-34;1-29-28(36)25(3-2-16-34)27-24-7-6-23(18-26(24)33(30-27)22-4-5-22)32-14-10-21(11-15-32)17-20-8-12-31(19-35)13-9-20;1-3-2/h6,8,16-17,21,42H,2-5,7,9-15,18-19H2,1H3;6-7,16,18-22,25H,2-5,8-15,17H2,1H3,(H,29,36);1-2H3. The van der Waals surface area contributed by atoms with Crippen molar-refractivity contribution in [2.24, 2.45) is 11.8 Å².